The molecule has 15 aromatic rings. The monoisotopic (exact) mass is 2050 g/mol. The maximum absolute atomic E-state index is 13.7. The van der Waals surface area contributed by atoms with E-state index >= 15 is 0 Å². The van der Waals surface area contributed by atoms with Crippen LogP contribution in [0.4, 0.5) is 40.3 Å². The lowest BCUT2D eigenvalue weighted by atomic mass is 9.89. The zero-order valence-corrected chi connectivity index (χ0v) is 86.3. The third-order valence-electron chi connectivity index (χ3n) is 24.9. The number of aromatic nitrogens is 7. The zero-order valence-electron chi connectivity index (χ0n) is 84.0. The minimum Gasteiger partial charge on any atom is -0.465 e. The Hall–Kier alpha value is -16.2. The molecule has 2 fully saturated rings. The average molecular weight is 2050 g/mol. The molecule has 2 saturated carbocycles. The number of benzene rings is 10. The van der Waals surface area contributed by atoms with Gasteiger partial charge >= 0.3 is 5.97 Å². The first-order valence-corrected chi connectivity index (χ1v) is 49.6. The molecule has 0 radical (unpaired) electrons. The number of nitrogens with one attached hydrogen (secondary N) is 3. The molecule has 149 heavy (non-hydrogen) atoms. The van der Waals surface area contributed by atoms with E-state index in [1.165, 1.54) is 17.8 Å². The van der Waals surface area contributed by atoms with E-state index in [0.29, 0.717) is 134 Å². The highest BCUT2D eigenvalue weighted by atomic mass is 35.5. The Labute approximate surface area is 880 Å². The van der Waals surface area contributed by atoms with Gasteiger partial charge in [-0.3, -0.25) is 19.7 Å². The third-order valence-corrected chi connectivity index (χ3v) is 25.7. The van der Waals surface area contributed by atoms with Crippen LogP contribution in [-0.4, -0.2) is 90.7 Å². The molecule has 4 aliphatic rings. The first kappa shape index (κ1) is 109. The Bertz CT molecular complexity index is 7440. The summed E-state index contributed by atoms with van der Waals surface area (Å²) >= 11 is 19.4. The summed E-state index contributed by atoms with van der Waals surface area (Å²) in [6.45, 7) is 22.6. The summed E-state index contributed by atoms with van der Waals surface area (Å²) in [7, 11) is 0. The van der Waals surface area contributed by atoms with Gasteiger partial charge in [0.05, 0.1) is 71.1 Å². The van der Waals surface area contributed by atoms with E-state index in [9.17, 15) is 38.1 Å². The second-order valence-corrected chi connectivity index (χ2v) is 41.3. The van der Waals surface area contributed by atoms with Crippen LogP contribution >= 0.6 is 34.8 Å². The van der Waals surface area contributed by atoms with Crippen molar-refractivity contribution >= 4 is 108 Å². The lowest BCUT2D eigenvalue weighted by Crippen LogP contribution is -2.26. The largest absolute Gasteiger partial charge is 0.465 e. The molecular formula is C119H112Cl3F4N19O4. The average Bonchev–Trinajstić information content (AvgIpc) is 1.59. The van der Waals surface area contributed by atoms with Gasteiger partial charge in [0.25, 0.3) is 6.43 Å². The molecule has 1 unspecified atom stereocenters. The second kappa shape index (κ2) is 48.9. The number of nitrogens with zero attached hydrogens (tertiary/aromatic N) is 15. The number of azide groups is 1. The van der Waals surface area contributed by atoms with E-state index in [0.717, 1.165) is 90.7 Å². The van der Waals surface area contributed by atoms with Crippen LogP contribution < -0.4 is 21.7 Å². The van der Waals surface area contributed by atoms with Crippen LogP contribution in [0.5, 0.6) is 0 Å². The minimum atomic E-state index is -2.49. The molecule has 2 aliphatic heterocycles. The Morgan fingerprint density at radius 2 is 0.899 bits per heavy atom. The molecule has 5 N–H and O–H groups in total. The number of anilines is 4. The predicted octanol–water partition coefficient (Wildman–Crippen LogP) is 28.5. The van der Waals surface area contributed by atoms with E-state index in [1.807, 2.05) is 206 Å². The van der Waals surface area contributed by atoms with Gasteiger partial charge < -0.3 is 35.9 Å². The molecule has 0 amide bonds. The van der Waals surface area contributed by atoms with Crippen molar-refractivity contribution in [2.75, 3.05) is 41.3 Å². The number of carbonyl (C=O) groups is 1. The number of alkyl halides is 4. The van der Waals surface area contributed by atoms with Gasteiger partial charge in [-0.2, -0.15) is 15.8 Å². The number of halogens is 7. The fourth-order valence-corrected chi connectivity index (χ4v) is 17.6. The van der Waals surface area contributed by atoms with Gasteiger partial charge in [0.1, 0.15) is 52.8 Å². The van der Waals surface area contributed by atoms with Gasteiger partial charge in [0.15, 0.2) is 18.3 Å². The number of hydrogen-bond acceptors (Lipinski definition) is 20. The molecule has 19 rings (SSSR count). The van der Waals surface area contributed by atoms with Gasteiger partial charge in [-0.15, -0.1) is 17.9 Å². The Morgan fingerprint density at radius 1 is 0.517 bits per heavy atom. The Balaban J connectivity index is 0.000000149. The molecule has 23 nitrogen and oxygen atoms in total. The quantitative estimate of drug-likeness (QED) is 0.00785. The van der Waals surface area contributed by atoms with E-state index < -0.39 is 30.0 Å². The summed E-state index contributed by atoms with van der Waals surface area (Å²) in [5, 5.41) is 54.2. The van der Waals surface area contributed by atoms with Crippen LogP contribution in [0, 0.1) is 74.9 Å². The normalized spacial score (nSPS) is 15.9. The van der Waals surface area contributed by atoms with Crippen LogP contribution in [0.2, 0.25) is 15.1 Å². The molecule has 7 heterocycles. The van der Waals surface area contributed by atoms with Gasteiger partial charge in [-0.1, -0.05) is 338 Å². The van der Waals surface area contributed by atoms with Crippen molar-refractivity contribution in [1.29, 1.82) is 15.8 Å². The van der Waals surface area contributed by atoms with Crippen molar-refractivity contribution in [2.24, 2.45) is 31.3 Å². The van der Waals surface area contributed by atoms with Crippen LogP contribution in [-0.2, 0) is 37.4 Å². The van der Waals surface area contributed by atoms with Gasteiger partial charge in [-0.05, 0) is 153 Å². The summed E-state index contributed by atoms with van der Waals surface area (Å²) in [5.41, 5.74) is 28.5. The third kappa shape index (κ3) is 28.0. The molecular weight excluding hydrogens is 1940 g/mol. The van der Waals surface area contributed by atoms with E-state index in [4.69, 9.17) is 88.1 Å². The molecule has 30 heteroatoms. The lowest BCUT2D eigenvalue weighted by Gasteiger charge is -2.22. The number of esters is 1. The number of fused-ring (bicyclic) bond motifs is 3. The van der Waals surface area contributed by atoms with Crippen molar-refractivity contribution in [3.05, 3.63) is 401 Å². The van der Waals surface area contributed by atoms with E-state index in [-0.39, 0.29) is 58.3 Å². The maximum Gasteiger partial charge on any atom is 0.304 e. The molecule has 756 valence electrons. The van der Waals surface area contributed by atoms with Crippen LogP contribution in [0.1, 0.15) is 221 Å². The van der Waals surface area contributed by atoms with E-state index in [1.54, 1.807) is 30.7 Å². The Kier molecular flexibility index (Phi) is 35.6. The molecule has 7 atom stereocenters. The molecule has 5 aromatic heterocycles. The zero-order chi connectivity index (χ0) is 106. The molecule has 10 aromatic carbocycles. The summed E-state index contributed by atoms with van der Waals surface area (Å²) in [6.07, 6.45) is 13.9. The van der Waals surface area contributed by atoms with Crippen molar-refractivity contribution in [1.82, 2.24) is 34.9 Å². The predicted molar refractivity (Wildman–Crippen MR) is 583 cm³/mol. The number of rotatable bonds is 25. The summed E-state index contributed by atoms with van der Waals surface area (Å²) in [6, 6.07) is 93.5. The fraction of sp³-hybridized carbons (Fsp3) is 0.277. The first-order valence-electron chi connectivity index (χ1n) is 48.5. The maximum atomic E-state index is 13.7. The molecule has 2 aliphatic carbocycles. The topological polar surface area (TPSA) is 334 Å². The van der Waals surface area contributed by atoms with Gasteiger partial charge in [0.2, 0.25) is 18.2 Å². The van der Waals surface area contributed by atoms with Crippen LogP contribution in [0.15, 0.2) is 307 Å². The number of aliphatic imine (C=N–C) groups is 2. The molecule has 0 saturated heterocycles. The van der Waals surface area contributed by atoms with Crippen molar-refractivity contribution < 1.29 is 36.6 Å². The number of nitrogens with two attached hydrogens (primary N) is 1. The highest BCUT2D eigenvalue weighted by Crippen LogP contribution is 2.50. The van der Waals surface area contributed by atoms with Crippen LogP contribution in [0.25, 0.3) is 43.2 Å². The van der Waals surface area contributed by atoms with Crippen molar-refractivity contribution in [3.8, 4) is 42.9 Å². The van der Waals surface area contributed by atoms with Crippen molar-refractivity contribution in [3.63, 3.8) is 0 Å². The molecule has 0 bridgehead atoms. The van der Waals surface area contributed by atoms with Gasteiger partial charge in [-0.25, -0.2) is 37.2 Å². The Morgan fingerprint density at radius 3 is 1.26 bits per heavy atom. The second-order valence-electron chi connectivity index (χ2n) is 40.1. The lowest BCUT2D eigenvalue weighted by molar-refractivity contribution is -0.144. The number of pyridine rings is 4. The smallest absolute Gasteiger partial charge is 0.304 e. The number of ether oxygens (including phenoxy) is 3. The highest BCUT2D eigenvalue weighted by Gasteiger charge is 2.55. The number of hydrogen-bond donors (Lipinski definition) is 4. The summed E-state index contributed by atoms with van der Waals surface area (Å²) in [4.78, 5) is 41.1. The summed E-state index contributed by atoms with van der Waals surface area (Å²) in [5.74, 6) is 5.68. The number of terminal acetylenes is 2. The fourth-order valence-electron chi connectivity index (χ4n) is 16.8. The first-order chi connectivity index (χ1) is 71.5. The highest BCUT2D eigenvalue weighted by molar-refractivity contribution is 6.36. The van der Waals surface area contributed by atoms with Gasteiger partial charge in [0, 0.05) is 95.5 Å². The number of nitriles is 3. The summed E-state index contributed by atoms with van der Waals surface area (Å²) < 4.78 is 70.3. The SMILES string of the molecule is C#CC(OC(C)=O)c1ccccc1.C#C[C@@H](Cc1cc(Cl)c2ncc(C#N)c(NCC(C)(C)C)c2c1)c1ccccc1.CC(C)(C)CNc1c(C#N)cnc2c(Cl)cc(C[C@@H](c3ccccc3)c3cn(C4(C(F)F)CC4)nn3)cc12.CC(C)(C)CNc1c(C#N)cnc2c(Cl)cc(N)cc12.[N-]=[N+]=NC1(C(F)F)CC1.c1ccc([C@H]2OC(c3cccc(C4=N[C@@H](c5ccccc5)[C@@H](c5ccccc5)O4)n3)=N[C@H]2c2ccccc2)cc1. The minimum absolute atomic E-state index is 0.00883. The van der Waals surface area contributed by atoms with Crippen molar-refractivity contribution in [2.45, 2.75) is 174 Å². The number of carbonyl (C=O) groups excluding carboxylic acids is 1. The van der Waals surface area contributed by atoms with E-state index in [2.05, 4.69) is 192 Å². The van der Waals surface area contributed by atoms with Crippen LogP contribution in [0.3, 0.4) is 0 Å². The standard InChI is InChI=1S/C35H27N3O2.C29H29ClF2N6.C25H24ClN3.C15H17ClN4.C11H10O2.C4H5F2N3/c1-5-14-24(15-6-1)30-32(26-18-9-3-10-19-26)39-34(37-30)28-22-13-23-29(36-28)35-38-31(25-16-7-2-8-17-25)33(40-35)27-20-11-4-12-21-27;1-28(2,3)17-35-25-20(14-33)15-34-26-22(25)12-18(13-23(26)30)11-21(19-7-5-4-6-8-19)24-16-38(37-36-24)29(9-10-29)27(31)32;1-5-18(19-9-7-6-8-10-19)11-17-12-21-23(29-16-25(2,3)4)20(14-27)15-28-24(21)22(26)13-17;1-15(2,3)8-20-13-9(6-17)7-19-14-11(13)4-10(18)5-12(14)16;1-3-11(13-9(2)12)10-7-5-4-6-8-10;5-3(6)4(1-2-4)8-9-7/h1-23,30-33H;4-8,12-13,15-16,21,27H,9-11,17H2,1-3H3,(H,34,35);1,6-10,12-13,15,18H,11,16H2,2-4H3,(H,28,29);4-5,7H,8,18H2,1-3H3,(H,19,20);1,4-8,11H,2H3;3H,1-2H2/t30-,31-,32+,33+;21-;18-;;;/m000.../s1. The molecule has 0 spiro atoms. The number of nitrogen functional groups attached to an aromatic ring is 1.